The van der Waals surface area contributed by atoms with Crippen molar-refractivity contribution in [2.75, 3.05) is 0 Å². The minimum atomic E-state index is -0.497. The summed E-state index contributed by atoms with van der Waals surface area (Å²) < 4.78 is 5.16. The molecule has 0 saturated carbocycles. The van der Waals surface area contributed by atoms with Gasteiger partial charge in [0.15, 0.2) is 5.69 Å². The Morgan fingerprint density at radius 2 is 2.04 bits per heavy atom. The van der Waals surface area contributed by atoms with Crippen molar-refractivity contribution < 1.29 is 14.4 Å². The molecule has 23 heavy (non-hydrogen) atoms. The minimum Gasteiger partial charge on any atom is -0.479 e. The number of aromatic nitrogens is 2. The zero-order valence-corrected chi connectivity index (χ0v) is 11.7. The van der Waals surface area contributed by atoms with E-state index in [9.17, 15) is 15.2 Å². The van der Waals surface area contributed by atoms with Gasteiger partial charge in [-0.3, -0.25) is 20.1 Å². The Balaban J connectivity index is 1.86. The molecule has 3 aromatic rings. The summed E-state index contributed by atoms with van der Waals surface area (Å²) in [5.41, 5.74) is 1.23. The molecule has 2 heterocycles. The minimum absolute atomic E-state index is 0.0390. The molecule has 0 unspecified atom stereocenters. The fraction of sp³-hybridized carbons (Fsp3) is 0. The summed E-state index contributed by atoms with van der Waals surface area (Å²) in [4.78, 5) is 22.3. The predicted octanol–water partition coefficient (Wildman–Crippen LogP) is 3.10. The molecular weight excluding hydrogens is 300 g/mol. The van der Waals surface area contributed by atoms with Gasteiger partial charge in [-0.1, -0.05) is 0 Å². The Morgan fingerprint density at radius 1 is 1.26 bits per heavy atom. The van der Waals surface area contributed by atoms with Gasteiger partial charge in [0.05, 0.1) is 23.0 Å². The van der Waals surface area contributed by atoms with Crippen LogP contribution in [0.15, 0.2) is 58.2 Å². The van der Waals surface area contributed by atoms with Gasteiger partial charge in [-0.15, -0.1) is 0 Å². The first-order chi connectivity index (χ1) is 11.1. The molecule has 0 saturated heterocycles. The van der Waals surface area contributed by atoms with Crippen LogP contribution >= 0.6 is 0 Å². The molecule has 0 atom stereocenters. The van der Waals surface area contributed by atoms with Gasteiger partial charge in [-0.05, 0) is 24.3 Å². The van der Waals surface area contributed by atoms with Crippen molar-refractivity contribution in [2.45, 2.75) is 0 Å². The van der Waals surface area contributed by atoms with Crippen LogP contribution in [0.2, 0.25) is 0 Å². The lowest BCUT2D eigenvalue weighted by Gasteiger charge is -1.94. The second-order valence-corrected chi connectivity index (χ2v) is 4.48. The summed E-state index contributed by atoms with van der Waals surface area (Å²) in [5.74, 6) is -0.240. The van der Waals surface area contributed by atoms with Gasteiger partial charge in [0.2, 0.25) is 5.89 Å². The summed E-state index contributed by atoms with van der Waals surface area (Å²) in [6.45, 7) is 0. The highest BCUT2D eigenvalue weighted by Gasteiger charge is 2.13. The number of aliphatic imine (C=N–C) groups is 1. The molecule has 2 aromatic heterocycles. The predicted molar refractivity (Wildman–Crippen MR) is 81.7 cm³/mol. The molecule has 1 aromatic carbocycles. The summed E-state index contributed by atoms with van der Waals surface area (Å²) >= 11 is 0. The van der Waals surface area contributed by atoms with Gasteiger partial charge < -0.3 is 9.52 Å². The third-order valence-corrected chi connectivity index (χ3v) is 2.94. The normalized spacial score (nSPS) is 11.0. The van der Waals surface area contributed by atoms with E-state index in [1.54, 1.807) is 24.5 Å². The highest BCUT2D eigenvalue weighted by atomic mass is 16.6. The van der Waals surface area contributed by atoms with Crippen molar-refractivity contribution in [3.05, 3.63) is 64.6 Å². The number of nitrogens with zero attached hydrogens (tertiary/aromatic N) is 4. The van der Waals surface area contributed by atoms with Gasteiger partial charge in [0.1, 0.15) is 0 Å². The maximum Gasteiger partial charge on any atom is 0.312 e. The fourth-order valence-corrected chi connectivity index (χ4v) is 1.82. The summed E-state index contributed by atoms with van der Waals surface area (Å²) in [6, 6.07) is 9.13. The van der Waals surface area contributed by atoms with E-state index in [0.717, 1.165) is 0 Å². The van der Waals surface area contributed by atoms with Crippen LogP contribution in [0.25, 0.3) is 11.5 Å². The quantitative estimate of drug-likeness (QED) is 0.450. The molecule has 0 fully saturated rings. The molecule has 3 rings (SSSR count). The topological polar surface area (TPSA) is 115 Å². The van der Waals surface area contributed by atoms with Gasteiger partial charge in [-0.25, -0.2) is 4.98 Å². The van der Waals surface area contributed by atoms with Crippen LogP contribution in [-0.4, -0.2) is 26.2 Å². The van der Waals surface area contributed by atoms with Crippen molar-refractivity contribution in [1.82, 2.24) is 9.97 Å². The zero-order chi connectivity index (χ0) is 16.2. The monoisotopic (exact) mass is 310 g/mol. The Morgan fingerprint density at radius 3 is 2.70 bits per heavy atom. The maximum atomic E-state index is 10.6. The van der Waals surface area contributed by atoms with Gasteiger partial charge in [-0.2, -0.15) is 0 Å². The van der Waals surface area contributed by atoms with E-state index in [0.29, 0.717) is 11.3 Å². The molecular formula is C15H10N4O4. The van der Waals surface area contributed by atoms with Gasteiger partial charge in [0.25, 0.3) is 5.69 Å². The number of nitro benzene ring substituents is 1. The van der Waals surface area contributed by atoms with E-state index in [1.807, 2.05) is 0 Å². The van der Waals surface area contributed by atoms with Crippen molar-refractivity contribution in [2.24, 2.45) is 4.99 Å². The first-order valence-electron chi connectivity index (χ1n) is 6.52. The molecule has 0 radical (unpaired) electrons. The fourth-order valence-electron chi connectivity index (χ4n) is 1.82. The molecule has 0 aliphatic rings. The lowest BCUT2D eigenvalue weighted by atomic mass is 10.2. The molecule has 0 aliphatic carbocycles. The Labute approximate surface area is 129 Å². The van der Waals surface area contributed by atoms with Crippen molar-refractivity contribution in [3.8, 4) is 17.4 Å². The molecule has 0 amide bonds. The van der Waals surface area contributed by atoms with Crippen LogP contribution in [0, 0.1) is 10.1 Å². The number of rotatable bonds is 4. The summed E-state index contributed by atoms with van der Waals surface area (Å²) in [7, 11) is 0. The van der Waals surface area contributed by atoms with E-state index in [-0.39, 0.29) is 23.2 Å². The second kappa shape index (κ2) is 6.06. The Kier molecular flexibility index (Phi) is 3.79. The van der Waals surface area contributed by atoms with Crippen LogP contribution in [-0.2, 0) is 0 Å². The van der Waals surface area contributed by atoms with Crippen LogP contribution in [0.4, 0.5) is 11.4 Å². The Hall–Kier alpha value is -3.55. The molecule has 114 valence electrons. The number of aromatic hydroxyl groups is 1. The average Bonchev–Trinajstić information content (AvgIpc) is 2.95. The van der Waals surface area contributed by atoms with Gasteiger partial charge >= 0.3 is 5.95 Å². The first-order valence-corrected chi connectivity index (χ1v) is 6.52. The number of oxazole rings is 1. The standard InChI is InChI=1S/C15H10N4O4/c20-15-13(9-17-11-2-1-7-16-8-11)18-14(23-15)10-3-5-12(6-4-10)19(21)22/h1-9,20H. The molecule has 0 bridgehead atoms. The van der Waals surface area contributed by atoms with Crippen LogP contribution < -0.4 is 0 Å². The van der Waals surface area contributed by atoms with E-state index < -0.39 is 4.92 Å². The third kappa shape index (κ3) is 3.21. The lowest BCUT2D eigenvalue weighted by molar-refractivity contribution is -0.384. The van der Waals surface area contributed by atoms with E-state index >= 15 is 0 Å². The number of nitro groups is 1. The Bertz CT molecular complexity index is 857. The molecule has 0 spiro atoms. The van der Waals surface area contributed by atoms with Crippen LogP contribution in [0.3, 0.4) is 0 Å². The van der Waals surface area contributed by atoms with Crippen molar-refractivity contribution >= 4 is 17.6 Å². The number of non-ortho nitro benzene ring substituents is 1. The first kappa shape index (κ1) is 14.4. The molecule has 8 nitrogen and oxygen atoms in total. The van der Waals surface area contributed by atoms with Crippen molar-refractivity contribution in [1.29, 1.82) is 0 Å². The van der Waals surface area contributed by atoms with Gasteiger partial charge in [0, 0.05) is 23.9 Å². The second-order valence-electron chi connectivity index (χ2n) is 4.48. The highest BCUT2D eigenvalue weighted by Crippen LogP contribution is 2.27. The van der Waals surface area contributed by atoms with E-state index in [4.69, 9.17) is 4.42 Å². The number of hydrogen-bond acceptors (Lipinski definition) is 7. The third-order valence-electron chi connectivity index (χ3n) is 2.94. The largest absolute Gasteiger partial charge is 0.479 e. The highest BCUT2D eigenvalue weighted by molar-refractivity contribution is 5.82. The SMILES string of the molecule is O=[N+]([O-])c1ccc(-c2nc(C=Nc3cccnc3)c(O)o2)cc1. The van der Waals surface area contributed by atoms with Crippen LogP contribution in [0.5, 0.6) is 5.95 Å². The summed E-state index contributed by atoms with van der Waals surface area (Å²) in [6.07, 6.45) is 4.54. The number of pyridine rings is 1. The molecule has 8 heteroatoms. The molecule has 0 aliphatic heterocycles. The zero-order valence-electron chi connectivity index (χ0n) is 11.7. The number of benzene rings is 1. The maximum absolute atomic E-state index is 10.6. The smallest absolute Gasteiger partial charge is 0.312 e. The van der Waals surface area contributed by atoms with Crippen LogP contribution in [0.1, 0.15) is 5.69 Å². The van der Waals surface area contributed by atoms with E-state index in [1.165, 1.54) is 30.5 Å². The number of hydrogen-bond donors (Lipinski definition) is 1. The summed E-state index contributed by atoms with van der Waals surface area (Å²) in [5, 5.41) is 20.4. The molecule has 1 N–H and O–H groups in total. The lowest BCUT2D eigenvalue weighted by Crippen LogP contribution is -1.87. The average molecular weight is 310 g/mol. The van der Waals surface area contributed by atoms with E-state index in [2.05, 4.69) is 15.0 Å². The van der Waals surface area contributed by atoms with Crippen molar-refractivity contribution in [3.63, 3.8) is 0 Å².